The smallest absolute Gasteiger partial charge is 0.262 e. The minimum atomic E-state index is 0.359. The molecule has 8 heteroatoms. The van der Waals surface area contributed by atoms with E-state index >= 15 is 0 Å². The molecule has 0 bridgehead atoms. The summed E-state index contributed by atoms with van der Waals surface area (Å²) in [4.78, 5) is 8.51. The minimum absolute atomic E-state index is 0.359. The predicted octanol–water partition coefficient (Wildman–Crippen LogP) is 4.24. The quantitative estimate of drug-likeness (QED) is 0.567. The Morgan fingerprint density at radius 1 is 1.19 bits per heavy atom. The van der Waals surface area contributed by atoms with Gasteiger partial charge in [-0.3, -0.25) is 10.1 Å². The van der Waals surface area contributed by atoms with E-state index in [4.69, 9.17) is 20.9 Å². The van der Waals surface area contributed by atoms with E-state index in [-0.39, 0.29) is 0 Å². The fourth-order valence-corrected chi connectivity index (χ4v) is 2.78. The number of aromatic amines is 1. The molecule has 0 aliphatic rings. The molecule has 1 N–H and O–H groups in total. The molecule has 0 atom stereocenters. The van der Waals surface area contributed by atoms with Gasteiger partial charge < -0.3 is 9.26 Å². The SMILES string of the molecule is CCOc1ccc(-c2[nH]ncc2-c2nc(-c3cccnc3)no2)cc1Cl. The average molecular weight is 368 g/mol. The molecule has 0 fully saturated rings. The number of hydrogen-bond acceptors (Lipinski definition) is 6. The van der Waals surface area contributed by atoms with Crippen LogP contribution >= 0.6 is 11.6 Å². The Morgan fingerprint density at radius 2 is 2.12 bits per heavy atom. The van der Waals surface area contributed by atoms with Gasteiger partial charge in [-0.2, -0.15) is 10.1 Å². The maximum atomic E-state index is 6.29. The van der Waals surface area contributed by atoms with E-state index in [0.717, 1.165) is 16.8 Å². The van der Waals surface area contributed by atoms with Crippen LogP contribution in [0.4, 0.5) is 0 Å². The average Bonchev–Trinajstić information content (AvgIpc) is 3.33. The zero-order valence-electron chi connectivity index (χ0n) is 13.8. The summed E-state index contributed by atoms with van der Waals surface area (Å²) in [7, 11) is 0. The second-order valence-corrected chi connectivity index (χ2v) is 5.81. The summed E-state index contributed by atoms with van der Waals surface area (Å²) in [5.41, 5.74) is 3.04. The largest absolute Gasteiger partial charge is 0.492 e. The van der Waals surface area contributed by atoms with Crippen molar-refractivity contribution in [1.29, 1.82) is 0 Å². The molecular weight excluding hydrogens is 354 g/mol. The lowest BCUT2D eigenvalue weighted by molar-refractivity contribution is 0.340. The van der Waals surface area contributed by atoms with Gasteiger partial charge in [0.05, 0.1) is 29.1 Å². The van der Waals surface area contributed by atoms with Crippen LogP contribution in [0.25, 0.3) is 34.1 Å². The number of hydrogen-bond donors (Lipinski definition) is 1. The molecule has 0 aliphatic heterocycles. The predicted molar refractivity (Wildman–Crippen MR) is 96.7 cm³/mol. The first-order valence-corrected chi connectivity index (χ1v) is 8.34. The normalized spacial score (nSPS) is 10.8. The van der Waals surface area contributed by atoms with Crippen LogP contribution < -0.4 is 4.74 Å². The fourth-order valence-electron chi connectivity index (χ4n) is 2.54. The number of rotatable bonds is 5. The van der Waals surface area contributed by atoms with Crippen molar-refractivity contribution in [3.8, 4) is 39.8 Å². The zero-order chi connectivity index (χ0) is 17.9. The van der Waals surface area contributed by atoms with Gasteiger partial charge in [0.2, 0.25) is 5.82 Å². The highest BCUT2D eigenvalue weighted by Crippen LogP contribution is 2.34. The Bertz CT molecular complexity index is 1030. The number of ether oxygens (including phenoxy) is 1. The molecule has 7 nitrogen and oxygen atoms in total. The van der Waals surface area contributed by atoms with E-state index in [1.54, 1.807) is 18.6 Å². The lowest BCUT2D eigenvalue weighted by atomic mass is 10.1. The Kier molecular flexibility index (Phi) is 4.37. The molecule has 0 saturated carbocycles. The van der Waals surface area contributed by atoms with Gasteiger partial charge in [0.15, 0.2) is 0 Å². The molecule has 0 unspecified atom stereocenters. The third kappa shape index (κ3) is 3.04. The number of halogens is 1. The van der Waals surface area contributed by atoms with Crippen LogP contribution in [-0.4, -0.2) is 31.9 Å². The number of nitrogens with zero attached hydrogens (tertiary/aromatic N) is 4. The zero-order valence-corrected chi connectivity index (χ0v) is 14.6. The number of pyridine rings is 1. The van der Waals surface area contributed by atoms with Crippen LogP contribution in [0, 0.1) is 0 Å². The molecule has 4 rings (SSSR count). The molecule has 26 heavy (non-hydrogen) atoms. The number of benzene rings is 1. The van der Waals surface area contributed by atoms with Crippen molar-refractivity contribution >= 4 is 11.6 Å². The van der Waals surface area contributed by atoms with E-state index < -0.39 is 0 Å². The van der Waals surface area contributed by atoms with Crippen molar-refractivity contribution in [3.63, 3.8) is 0 Å². The van der Waals surface area contributed by atoms with Gasteiger partial charge in [-0.1, -0.05) is 16.8 Å². The molecule has 0 spiro atoms. The highest BCUT2D eigenvalue weighted by Gasteiger charge is 2.18. The standard InChI is InChI=1S/C18H14ClN5O2/c1-2-25-15-6-5-11(8-14(15)19)16-13(10-21-23-16)18-22-17(24-26-18)12-4-3-7-20-9-12/h3-10H,2H2,1H3,(H,21,23). The molecule has 1 aromatic carbocycles. The lowest BCUT2D eigenvalue weighted by Gasteiger charge is -2.07. The molecule has 0 radical (unpaired) electrons. The molecule has 3 aromatic heterocycles. The Hall–Kier alpha value is -3.19. The van der Waals surface area contributed by atoms with Crippen LogP contribution in [0.15, 0.2) is 53.4 Å². The van der Waals surface area contributed by atoms with Crippen LogP contribution in [0.3, 0.4) is 0 Å². The minimum Gasteiger partial charge on any atom is -0.492 e. The molecule has 4 aromatic rings. The summed E-state index contributed by atoms with van der Waals surface area (Å²) in [5.74, 6) is 1.46. The van der Waals surface area contributed by atoms with Crippen LogP contribution in [0.5, 0.6) is 5.75 Å². The summed E-state index contributed by atoms with van der Waals surface area (Å²) in [6.07, 6.45) is 5.01. The van der Waals surface area contributed by atoms with E-state index in [9.17, 15) is 0 Å². The van der Waals surface area contributed by atoms with Crippen LogP contribution in [0.2, 0.25) is 5.02 Å². The van der Waals surface area contributed by atoms with E-state index in [1.165, 1.54) is 0 Å². The molecule has 0 saturated heterocycles. The second-order valence-electron chi connectivity index (χ2n) is 5.40. The van der Waals surface area contributed by atoms with Crippen molar-refractivity contribution < 1.29 is 9.26 Å². The van der Waals surface area contributed by atoms with E-state index in [1.807, 2.05) is 37.3 Å². The Morgan fingerprint density at radius 3 is 2.88 bits per heavy atom. The maximum absolute atomic E-state index is 6.29. The molecule has 3 heterocycles. The van der Waals surface area contributed by atoms with Gasteiger partial charge in [-0.15, -0.1) is 0 Å². The third-order valence-electron chi connectivity index (χ3n) is 3.74. The van der Waals surface area contributed by atoms with E-state index in [2.05, 4.69) is 25.3 Å². The van der Waals surface area contributed by atoms with Gasteiger partial charge in [0.1, 0.15) is 5.75 Å². The summed E-state index contributed by atoms with van der Waals surface area (Å²) < 4.78 is 10.9. The van der Waals surface area contributed by atoms with Gasteiger partial charge in [0.25, 0.3) is 5.89 Å². The summed E-state index contributed by atoms with van der Waals surface area (Å²) >= 11 is 6.29. The lowest BCUT2D eigenvalue weighted by Crippen LogP contribution is -1.92. The fraction of sp³-hybridized carbons (Fsp3) is 0.111. The second kappa shape index (κ2) is 6.97. The van der Waals surface area contributed by atoms with Gasteiger partial charge >= 0.3 is 0 Å². The Balaban J connectivity index is 1.70. The van der Waals surface area contributed by atoms with Crippen molar-refractivity contribution in [3.05, 3.63) is 53.9 Å². The van der Waals surface area contributed by atoms with Crippen molar-refractivity contribution in [2.75, 3.05) is 6.61 Å². The third-order valence-corrected chi connectivity index (χ3v) is 4.03. The first-order valence-electron chi connectivity index (χ1n) is 7.97. The highest BCUT2D eigenvalue weighted by molar-refractivity contribution is 6.32. The summed E-state index contributed by atoms with van der Waals surface area (Å²) in [6.45, 7) is 2.46. The van der Waals surface area contributed by atoms with Crippen LogP contribution in [-0.2, 0) is 0 Å². The van der Waals surface area contributed by atoms with Gasteiger partial charge in [0, 0.05) is 23.5 Å². The number of nitrogens with one attached hydrogen (secondary N) is 1. The summed E-state index contributed by atoms with van der Waals surface area (Å²) in [5, 5.41) is 11.6. The summed E-state index contributed by atoms with van der Waals surface area (Å²) in [6, 6.07) is 9.20. The monoisotopic (exact) mass is 367 g/mol. The highest BCUT2D eigenvalue weighted by atomic mass is 35.5. The van der Waals surface area contributed by atoms with Gasteiger partial charge in [-0.05, 0) is 37.3 Å². The molecular formula is C18H14ClN5O2. The number of H-pyrrole nitrogens is 1. The number of aromatic nitrogens is 5. The van der Waals surface area contributed by atoms with E-state index in [0.29, 0.717) is 34.7 Å². The maximum Gasteiger partial charge on any atom is 0.262 e. The molecule has 0 amide bonds. The molecule has 130 valence electrons. The Labute approximate surface area is 154 Å². The molecule has 0 aliphatic carbocycles. The van der Waals surface area contributed by atoms with Crippen molar-refractivity contribution in [2.24, 2.45) is 0 Å². The van der Waals surface area contributed by atoms with Crippen LogP contribution in [0.1, 0.15) is 6.92 Å². The topological polar surface area (TPSA) is 89.7 Å². The van der Waals surface area contributed by atoms with Crippen molar-refractivity contribution in [1.82, 2.24) is 25.3 Å². The first kappa shape index (κ1) is 16.3. The van der Waals surface area contributed by atoms with Crippen molar-refractivity contribution in [2.45, 2.75) is 6.92 Å². The van der Waals surface area contributed by atoms with Gasteiger partial charge in [-0.25, -0.2) is 0 Å². The first-order chi connectivity index (χ1) is 12.8.